The second-order valence-electron chi connectivity index (χ2n) is 3.56. The Morgan fingerprint density at radius 2 is 2.24 bits per heavy atom. The zero-order valence-corrected chi connectivity index (χ0v) is 9.99. The molecular weight excluding hydrogens is 253 g/mol. The van der Waals surface area contributed by atoms with Crippen LogP contribution in [-0.2, 0) is 4.79 Å². The van der Waals surface area contributed by atoms with Crippen LogP contribution < -0.4 is 10.6 Å². The maximum Gasteiger partial charge on any atom is 0.401 e. The topological polar surface area (TPSA) is 41.1 Å². The van der Waals surface area contributed by atoms with Gasteiger partial charge in [0.05, 0.1) is 19.1 Å². The number of nitrogens with one attached hydrogen (secondary N) is 2. The summed E-state index contributed by atoms with van der Waals surface area (Å²) in [6.45, 7) is 0.283. The molecule has 0 spiro atoms. The Morgan fingerprint density at radius 1 is 1.53 bits per heavy atom. The zero-order valence-electron chi connectivity index (χ0n) is 9.17. The first-order valence-electron chi connectivity index (χ1n) is 4.97. The van der Waals surface area contributed by atoms with Crippen molar-refractivity contribution in [2.75, 3.05) is 13.1 Å². The van der Waals surface area contributed by atoms with Gasteiger partial charge in [-0.05, 0) is 29.3 Å². The molecule has 1 aromatic rings. The molecule has 0 aliphatic rings. The molecule has 0 saturated heterocycles. The average Bonchev–Trinajstić information content (AvgIpc) is 2.67. The van der Waals surface area contributed by atoms with Crippen LogP contribution in [0.1, 0.15) is 18.5 Å². The summed E-state index contributed by atoms with van der Waals surface area (Å²) in [5, 5.41) is 8.41. The van der Waals surface area contributed by atoms with E-state index in [1.54, 1.807) is 6.92 Å². The quantitative estimate of drug-likeness (QED) is 0.856. The standard InChI is InChI=1S/C10H13F3N2OS/c1-7(8-2-3-17-5-8)15-9(16)4-14-6-10(11,12)13/h2-3,5,7,14H,4,6H2,1H3,(H,15,16). The molecule has 1 amide bonds. The minimum Gasteiger partial charge on any atom is -0.348 e. The summed E-state index contributed by atoms with van der Waals surface area (Å²) in [5.41, 5.74) is 0.944. The van der Waals surface area contributed by atoms with E-state index in [1.807, 2.05) is 22.1 Å². The predicted molar refractivity (Wildman–Crippen MR) is 59.8 cm³/mol. The molecule has 0 aliphatic heterocycles. The van der Waals surface area contributed by atoms with Crippen LogP contribution in [0.25, 0.3) is 0 Å². The highest BCUT2D eigenvalue weighted by molar-refractivity contribution is 7.07. The molecule has 1 aromatic heterocycles. The van der Waals surface area contributed by atoms with Crippen LogP contribution in [0.15, 0.2) is 16.8 Å². The van der Waals surface area contributed by atoms with Crippen LogP contribution in [0.3, 0.4) is 0 Å². The van der Waals surface area contributed by atoms with Crippen LogP contribution in [0.5, 0.6) is 0 Å². The minimum absolute atomic E-state index is 0.193. The van der Waals surface area contributed by atoms with Crippen molar-refractivity contribution < 1.29 is 18.0 Å². The van der Waals surface area contributed by atoms with E-state index in [0.717, 1.165) is 5.56 Å². The van der Waals surface area contributed by atoms with Gasteiger partial charge in [0.1, 0.15) is 0 Å². The normalized spacial score (nSPS) is 13.4. The SMILES string of the molecule is CC(NC(=O)CNCC(F)(F)F)c1ccsc1. The molecule has 1 unspecified atom stereocenters. The molecule has 0 bridgehead atoms. The van der Waals surface area contributed by atoms with Crippen molar-refractivity contribution in [1.29, 1.82) is 0 Å². The first-order valence-corrected chi connectivity index (χ1v) is 5.91. The third-order valence-corrected chi connectivity index (χ3v) is 2.73. The van der Waals surface area contributed by atoms with Crippen molar-refractivity contribution >= 4 is 17.2 Å². The van der Waals surface area contributed by atoms with Crippen LogP contribution in [-0.4, -0.2) is 25.2 Å². The summed E-state index contributed by atoms with van der Waals surface area (Å²) in [5.74, 6) is -0.451. The summed E-state index contributed by atoms with van der Waals surface area (Å²) in [6.07, 6.45) is -4.29. The molecule has 2 N–H and O–H groups in total. The minimum atomic E-state index is -4.29. The average molecular weight is 266 g/mol. The van der Waals surface area contributed by atoms with Crippen molar-refractivity contribution in [2.45, 2.75) is 19.1 Å². The van der Waals surface area contributed by atoms with Gasteiger partial charge < -0.3 is 10.6 Å². The third kappa shape index (κ3) is 5.69. The Hall–Kier alpha value is -1.08. The molecule has 0 radical (unpaired) electrons. The number of carbonyl (C=O) groups is 1. The number of carbonyl (C=O) groups excluding carboxylic acids is 1. The molecule has 1 heterocycles. The van der Waals surface area contributed by atoms with Crippen molar-refractivity contribution in [3.8, 4) is 0 Å². The van der Waals surface area contributed by atoms with Gasteiger partial charge in [0.2, 0.25) is 5.91 Å². The summed E-state index contributed by atoms with van der Waals surface area (Å²) in [6, 6.07) is 1.67. The van der Waals surface area contributed by atoms with Crippen LogP contribution >= 0.6 is 11.3 Å². The van der Waals surface area contributed by atoms with Crippen LogP contribution in [0.4, 0.5) is 13.2 Å². The summed E-state index contributed by atoms with van der Waals surface area (Å²) in [4.78, 5) is 11.3. The Labute approximate surface area is 101 Å². The van der Waals surface area contributed by atoms with E-state index in [0.29, 0.717) is 0 Å². The van der Waals surface area contributed by atoms with Crippen molar-refractivity contribution in [3.05, 3.63) is 22.4 Å². The number of hydrogen-bond donors (Lipinski definition) is 2. The van der Waals surface area contributed by atoms with Crippen molar-refractivity contribution in [2.24, 2.45) is 0 Å². The Morgan fingerprint density at radius 3 is 2.76 bits per heavy atom. The van der Waals surface area contributed by atoms with Gasteiger partial charge in [0.25, 0.3) is 0 Å². The Balaban J connectivity index is 2.26. The molecule has 0 aliphatic carbocycles. The highest BCUT2D eigenvalue weighted by atomic mass is 32.1. The van der Waals surface area contributed by atoms with Crippen molar-refractivity contribution in [3.63, 3.8) is 0 Å². The summed E-state index contributed by atoms with van der Waals surface area (Å²) in [7, 11) is 0. The van der Waals surface area contributed by atoms with E-state index in [-0.39, 0.29) is 12.6 Å². The zero-order chi connectivity index (χ0) is 12.9. The second kappa shape index (κ2) is 6.02. The van der Waals surface area contributed by atoms with Gasteiger partial charge in [-0.25, -0.2) is 0 Å². The highest BCUT2D eigenvalue weighted by Crippen LogP contribution is 2.15. The molecule has 0 saturated carbocycles. The monoisotopic (exact) mass is 266 g/mol. The van der Waals surface area contributed by atoms with Gasteiger partial charge in [0, 0.05) is 0 Å². The van der Waals surface area contributed by atoms with Gasteiger partial charge in [-0.1, -0.05) is 0 Å². The fraction of sp³-hybridized carbons (Fsp3) is 0.500. The third-order valence-electron chi connectivity index (χ3n) is 2.03. The molecule has 3 nitrogen and oxygen atoms in total. The lowest BCUT2D eigenvalue weighted by atomic mass is 10.2. The molecule has 17 heavy (non-hydrogen) atoms. The van der Waals surface area contributed by atoms with E-state index in [9.17, 15) is 18.0 Å². The lowest BCUT2D eigenvalue weighted by Crippen LogP contribution is -2.39. The predicted octanol–water partition coefficient (Wildman–Crippen LogP) is 2.08. The number of amides is 1. The Kier molecular flexibility index (Phi) is 4.95. The van der Waals surface area contributed by atoms with E-state index in [4.69, 9.17) is 0 Å². The molecule has 1 rings (SSSR count). The fourth-order valence-corrected chi connectivity index (χ4v) is 1.97. The lowest BCUT2D eigenvalue weighted by Gasteiger charge is -2.13. The molecule has 0 aromatic carbocycles. The maximum atomic E-state index is 11.8. The summed E-state index contributed by atoms with van der Waals surface area (Å²) >= 11 is 1.50. The number of hydrogen-bond acceptors (Lipinski definition) is 3. The van der Waals surface area contributed by atoms with Gasteiger partial charge in [-0.3, -0.25) is 4.79 Å². The molecule has 7 heteroatoms. The van der Waals surface area contributed by atoms with E-state index in [2.05, 4.69) is 5.32 Å². The largest absolute Gasteiger partial charge is 0.401 e. The van der Waals surface area contributed by atoms with E-state index in [1.165, 1.54) is 11.3 Å². The van der Waals surface area contributed by atoms with Gasteiger partial charge in [0.15, 0.2) is 0 Å². The molecular formula is C10H13F3N2OS. The smallest absolute Gasteiger partial charge is 0.348 e. The molecule has 96 valence electrons. The number of thiophene rings is 1. The second-order valence-corrected chi connectivity index (χ2v) is 4.34. The van der Waals surface area contributed by atoms with E-state index >= 15 is 0 Å². The molecule has 1 atom stereocenters. The number of halogens is 3. The van der Waals surface area contributed by atoms with Gasteiger partial charge in [-0.15, -0.1) is 0 Å². The van der Waals surface area contributed by atoms with Crippen molar-refractivity contribution in [1.82, 2.24) is 10.6 Å². The number of rotatable bonds is 5. The van der Waals surface area contributed by atoms with Crippen LogP contribution in [0.2, 0.25) is 0 Å². The van der Waals surface area contributed by atoms with Gasteiger partial charge >= 0.3 is 6.18 Å². The van der Waals surface area contributed by atoms with Gasteiger partial charge in [-0.2, -0.15) is 24.5 Å². The van der Waals surface area contributed by atoms with Crippen LogP contribution in [0, 0.1) is 0 Å². The number of alkyl halides is 3. The highest BCUT2D eigenvalue weighted by Gasteiger charge is 2.26. The maximum absolute atomic E-state index is 11.8. The molecule has 0 fully saturated rings. The Bertz CT molecular complexity index is 351. The van der Waals surface area contributed by atoms with E-state index < -0.39 is 18.6 Å². The first-order chi connectivity index (χ1) is 7.88. The summed E-state index contributed by atoms with van der Waals surface area (Å²) < 4.78 is 35.4. The lowest BCUT2D eigenvalue weighted by molar-refractivity contribution is -0.128. The first kappa shape index (κ1) is 14.0. The fourth-order valence-electron chi connectivity index (χ4n) is 1.21.